The zero-order valence-electron chi connectivity index (χ0n) is 26.6. The highest BCUT2D eigenvalue weighted by Crippen LogP contribution is 2.48. The number of hydrogen-bond acceptors (Lipinski definition) is 7. The van der Waals surface area contributed by atoms with Gasteiger partial charge >= 0.3 is 11.9 Å². The van der Waals surface area contributed by atoms with E-state index >= 15 is 0 Å². The number of esters is 1. The van der Waals surface area contributed by atoms with Gasteiger partial charge in [0, 0.05) is 74.9 Å². The van der Waals surface area contributed by atoms with Gasteiger partial charge in [-0.2, -0.15) is 0 Å². The number of carboxylic acid groups (broad SMARTS) is 1. The minimum absolute atomic E-state index is 0.0719. The summed E-state index contributed by atoms with van der Waals surface area (Å²) in [7, 11) is 1.25. The first-order valence-corrected chi connectivity index (χ1v) is 15.5. The maximum atomic E-state index is 14.0. The van der Waals surface area contributed by atoms with Crippen molar-refractivity contribution in [2.75, 3.05) is 7.11 Å². The second-order valence-electron chi connectivity index (χ2n) is 12.6. The summed E-state index contributed by atoms with van der Waals surface area (Å²) in [6.45, 7) is 11.5. The number of aryl methyl sites for hydroxylation is 2. The van der Waals surface area contributed by atoms with E-state index in [2.05, 4.69) is 23.8 Å². The molecular weight excluding hydrogens is 572 g/mol. The van der Waals surface area contributed by atoms with Crippen molar-refractivity contribution in [2.45, 2.75) is 90.4 Å². The van der Waals surface area contributed by atoms with Gasteiger partial charge in [0.15, 0.2) is 11.6 Å². The molecule has 0 spiro atoms. The molecule has 5 atom stereocenters. The summed E-state index contributed by atoms with van der Waals surface area (Å²) in [6, 6.07) is 5.84. The van der Waals surface area contributed by atoms with Crippen molar-refractivity contribution in [1.29, 1.82) is 0 Å². The zero-order valence-corrected chi connectivity index (χ0v) is 26.6. The normalized spacial score (nSPS) is 22.1. The van der Waals surface area contributed by atoms with Crippen LogP contribution in [0.4, 0.5) is 0 Å². The summed E-state index contributed by atoms with van der Waals surface area (Å²) in [4.78, 5) is 68.9. The smallest absolute Gasteiger partial charge is 0.321 e. The molecule has 234 valence electrons. The molecule has 0 fully saturated rings. The summed E-state index contributed by atoms with van der Waals surface area (Å²) >= 11 is 0. The number of aliphatic carboxylic acids is 1. The van der Waals surface area contributed by atoms with E-state index in [1.54, 1.807) is 6.92 Å². The molecule has 10 nitrogen and oxygen atoms in total. The van der Waals surface area contributed by atoms with E-state index in [1.807, 2.05) is 39.0 Å². The Balaban J connectivity index is 1.81. The van der Waals surface area contributed by atoms with Crippen molar-refractivity contribution in [3.05, 3.63) is 68.8 Å². The Morgan fingerprint density at radius 3 is 2.18 bits per heavy atom. The minimum atomic E-state index is -1.22. The van der Waals surface area contributed by atoms with Gasteiger partial charge < -0.3 is 19.8 Å². The van der Waals surface area contributed by atoms with Crippen LogP contribution in [0.5, 0.6) is 0 Å². The highest BCUT2D eigenvalue weighted by atomic mass is 16.5. The zero-order chi connectivity index (χ0) is 32.5. The molecule has 0 amide bonds. The van der Waals surface area contributed by atoms with E-state index in [1.165, 1.54) is 7.11 Å². The van der Waals surface area contributed by atoms with Gasteiger partial charge in [0.25, 0.3) is 0 Å². The first-order valence-electron chi connectivity index (χ1n) is 15.5. The van der Waals surface area contributed by atoms with Crippen molar-refractivity contribution in [2.24, 2.45) is 0 Å². The predicted octanol–water partition coefficient (Wildman–Crippen LogP) is 6.64. The Hall–Kier alpha value is -4.60. The number of nitrogens with zero attached hydrogens (tertiary/aromatic N) is 2. The van der Waals surface area contributed by atoms with E-state index in [-0.39, 0.29) is 48.1 Å². The Labute approximate surface area is 260 Å². The number of aromatic nitrogens is 4. The second kappa shape index (κ2) is 11.1. The number of rotatable bonds is 6. The predicted molar refractivity (Wildman–Crippen MR) is 169 cm³/mol. The number of fused-ring (bicyclic) bond motifs is 8. The molecule has 3 N–H and O–H groups in total. The van der Waals surface area contributed by atoms with Gasteiger partial charge in [-0.25, -0.2) is 0 Å². The van der Waals surface area contributed by atoms with Crippen molar-refractivity contribution < 1.29 is 29.0 Å². The lowest BCUT2D eigenvalue weighted by Gasteiger charge is -2.18. The first kappa shape index (κ1) is 30.4. The molecule has 0 saturated heterocycles. The van der Waals surface area contributed by atoms with Crippen LogP contribution in [0.25, 0.3) is 22.1 Å². The molecule has 3 aromatic rings. The molecule has 6 rings (SSSR count). The molecule has 1 aliphatic carbocycles. The average molecular weight is 611 g/mol. The SMILES string of the molecule is CC[C@H]1c2cc3[nH]c4c(c3C)C(=O)C(C(=O)OC)c4c3nc(cc4[nH]c(cc(n2)C1C)c(C(C)=O)c4C)C(C)[C@@H]3CCC(=O)O. The van der Waals surface area contributed by atoms with Gasteiger partial charge in [0.2, 0.25) is 0 Å². The molecular formula is C35H38N4O6. The number of hydrogen-bond donors (Lipinski definition) is 3. The van der Waals surface area contributed by atoms with Crippen LogP contribution >= 0.6 is 0 Å². The second-order valence-corrected chi connectivity index (χ2v) is 12.6. The van der Waals surface area contributed by atoms with E-state index < -0.39 is 17.9 Å². The Morgan fingerprint density at radius 2 is 1.53 bits per heavy atom. The fourth-order valence-corrected chi connectivity index (χ4v) is 7.61. The summed E-state index contributed by atoms with van der Waals surface area (Å²) in [5, 5.41) is 9.60. The molecule has 2 aliphatic heterocycles. The number of aromatic amines is 2. The standard InChI is InChI=1S/C35H38N4O6/c1-8-19-14(2)21-13-26-28(18(6)40)16(4)23(37-26)11-22-15(3)20(9-10-27(41)42)32(38-22)30-31(35(44)45-7)34(43)29-17(5)24(39-33(29)30)12-25(19)36-21/h11-15,19-20,31,37,39H,8-10H2,1-7H3,(H,41,42)/t14?,15?,19-,20+,31?/m1/s1. The van der Waals surface area contributed by atoms with Crippen LogP contribution in [0.1, 0.15) is 137 Å². The maximum absolute atomic E-state index is 14.0. The fraction of sp³-hybridized carbons (Fsp3) is 0.429. The van der Waals surface area contributed by atoms with Gasteiger partial charge in [-0.1, -0.05) is 20.8 Å². The monoisotopic (exact) mass is 610 g/mol. The van der Waals surface area contributed by atoms with E-state index in [0.717, 1.165) is 28.9 Å². The molecule has 10 heteroatoms. The molecule has 0 radical (unpaired) electrons. The van der Waals surface area contributed by atoms with E-state index in [4.69, 9.17) is 14.7 Å². The molecule has 0 saturated carbocycles. The summed E-state index contributed by atoms with van der Waals surface area (Å²) in [5.41, 5.74) is 8.46. The average Bonchev–Trinajstić information content (AvgIpc) is 3.72. The highest BCUT2D eigenvalue weighted by molar-refractivity contribution is 6.23. The number of carbonyl (C=O) groups excluding carboxylic acids is 3. The number of methoxy groups -OCH3 is 1. The van der Waals surface area contributed by atoms with Gasteiger partial charge in [-0.15, -0.1) is 0 Å². The molecule has 0 aromatic carbocycles. The number of H-pyrrole nitrogens is 2. The van der Waals surface area contributed by atoms with E-state index in [0.29, 0.717) is 50.2 Å². The van der Waals surface area contributed by atoms with Crippen LogP contribution in [-0.2, 0) is 14.3 Å². The summed E-state index contributed by atoms with van der Waals surface area (Å²) < 4.78 is 5.13. The van der Waals surface area contributed by atoms with Gasteiger partial charge in [-0.3, -0.25) is 29.1 Å². The van der Waals surface area contributed by atoms with Crippen LogP contribution in [0.3, 0.4) is 0 Å². The van der Waals surface area contributed by atoms with Crippen LogP contribution in [0.15, 0.2) is 18.2 Å². The number of Topliss-reactive ketones (excluding diaryl/α,β-unsaturated/α-hetero) is 2. The fourth-order valence-electron chi connectivity index (χ4n) is 7.61. The molecule has 3 aliphatic rings. The van der Waals surface area contributed by atoms with Crippen molar-refractivity contribution >= 4 is 45.6 Å². The van der Waals surface area contributed by atoms with Crippen LogP contribution < -0.4 is 0 Å². The quantitative estimate of drug-likeness (QED) is 0.159. The Morgan fingerprint density at radius 1 is 0.911 bits per heavy atom. The number of carbonyl (C=O) groups is 4. The minimum Gasteiger partial charge on any atom is -0.481 e. The third-order valence-corrected chi connectivity index (χ3v) is 10.1. The first-order chi connectivity index (χ1) is 21.4. The summed E-state index contributed by atoms with van der Waals surface area (Å²) in [5.74, 6) is -3.69. The van der Waals surface area contributed by atoms with Gasteiger partial charge in [-0.05, 0) is 62.9 Å². The molecule has 8 bridgehead atoms. The molecule has 3 unspecified atom stereocenters. The number of ether oxygens (including phenoxy) is 1. The number of nitrogens with one attached hydrogen (secondary N) is 2. The van der Waals surface area contributed by atoms with Crippen LogP contribution in [0.2, 0.25) is 0 Å². The van der Waals surface area contributed by atoms with Crippen LogP contribution in [-0.4, -0.2) is 55.7 Å². The third-order valence-electron chi connectivity index (χ3n) is 10.1. The van der Waals surface area contributed by atoms with Crippen molar-refractivity contribution in [3.63, 3.8) is 0 Å². The number of carboxylic acids is 1. The lowest BCUT2D eigenvalue weighted by Crippen LogP contribution is -2.21. The van der Waals surface area contributed by atoms with Gasteiger partial charge in [0.05, 0.1) is 23.8 Å². The molecule has 45 heavy (non-hydrogen) atoms. The third kappa shape index (κ3) is 4.69. The largest absolute Gasteiger partial charge is 0.481 e. The highest BCUT2D eigenvalue weighted by Gasteiger charge is 2.45. The molecule has 3 aromatic heterocycles. The van der Waals surface area contributed by atoms with E-state index in [9.17, 15) is 24.3 Å². The Kier molecular flexibility index (Phi) is 7.49. The lowest BCUT2D eigenvalue weighted by atomic mass is 9.84. The van der Waals surface area contributed by atoms with Gasteiger partial charge in [0.1, 0.15) is 5.92 Å². The summed E-state index contributed by atoms with van der Waals surface area (Å²) in [6.07, 6.45) is 0.999. The van der Waals surface area contributed by atoms with Crippen molar-refractivity contribution in [3.8, 4) is 0 Å². The topological polar surface area (TPSA) is 155 Å². The van der Waals surface area contributed by atoms with Crippen LogP contribution in [0, 0.1) is 13.8 Å². The maximum Gasteiger partial charge on any atom is 0.321 e. The lowest BCUT2D eigenvalue weighted by molar-refractivity contribution is -0.141. The van der Waals surface area contributed by atoms with Crippen molar-refractivity contribution in [1.82, 2.24) is 19.9 Å². The Bertz CT molecular complexity index is 1970. The number of ketones is 2. The molecule has 5 heterocycles.